The number of Topliss-reactive ketones (excluding diaryl/α,β-unsaturated/α-hetero) is 1. The number of ether oxygens (including phenoxy) is 1. The molecule has 1 aliphatic heterocycles. The fraction of sp³-hybridized carbons (Fsp3) is 0.409. The molecule has 0 aliphatic carbocycles. The molecule has 1 saturated heterocycles. The Balaban J connectivity index is 0.00000243. The van der Waals surface area contributed by atoms with Gasteiger partial charge in [0.05, 0.1) is 0 Å². The van der Waals surface area contributed by atoms with Gasteiger partial charge in [0.1, 0.15) is 12.4 Å². The Labute approximate surface area is 162 Å². The zero-order valence-electron chi connectivity index (χ0n) is 15.4. The molecule has 140 valence electrons. The van der Waals surface area contributed by atoms with E-state index in [2.05, 4.69) is 29.2 Å². The summed E-state index contributed by atoms with van der Waals surface area (Å²) in [5, 5.41) is 0. The van der Waals surface area contributed by atoms with Gasteiger partial charge in [-0.05, 0) is 68.2 Å². The van der Waals surface area contributed by atoms with Gasteiger partial charge in [-0.15, -0.1) is 12.4 Å². The van der Waals surface area contributed by atoms with Crippen molar-refractivity contribution in [2.75, 3.05) is 13.1 Å². The SMILES string of the molecule is CC(=O)c1ccc(OCc2ccc(CN3CCCCCC3)cc2)cc1.Cl. The predicted molar refractivity (Wildman–Crippen MR) is 108 cm³/mol. The molecule has 0 aromatic heterocycles. The Morgan fingerprint density at radius 3 is 2.04 bits per heavy atom. The molecule has 0 unspecified atom stereocenters. The van der Waals surface area contributed by atoms with Crippen LogP contribution >= 0.6 is 12.4 Å². The molecule has 0 radical (unpaired) electrons. The molecular weight excluding hydrogens is 346 g/mol. The van der Waals surface area contributed by atoms with E-state index in [4.69, 9.17) is 4.74 Å². The van der Waals surface area contributed by atoms with Crippen molar-refractivity contribution in [2.45, 2.75) is 45.8 Å². The molecule has 1 aliphatic rings. The summed E-state index contributed by atoms with van der Waals surface area (Å²) in [6, 6.07) is 16.0. The minimum atomic E-state index is 0. The van der Waals surface area contributed by atoms with E-state index in [1.807, 2.05) is 24.3 Å². The normalized spacial score (nSPS) is 15.0. The van der Waals surface area contributed by atoms with Gasteiger partial charge in [0.2, 0.25) is 0 Å². The van der Waals surface area contributed by atoms with Crippen molar-refractivity contribution in [3.63, 3.8) is 0 Å². The molecule has 2 aromatic carbocycles. The van der Waals surface area contributed by atoms with E-state index in [0.717, 1.165) is 17.9 Å². The van der Waals surface area contributed by atoms with Crippen molar-refractivity contribution in [1.82, 2.24) is 4.90 Å². The van der Waals surface area contributed by atoms with E-state index in [1.165, 1.54) is 44.3 Å². The zero-order valence-corrected chi connectivity index (χ0v) is 16.3. The molecule has 26 heavy (non-hydrogen) atoms. The number of benzene rings is 2. The standard InChI is InChI=1S/C22H27NO2.ClH/c1-18(24)21-10-12-22(13-11-21)25-17-20-8-6-19(7-9-20)16-23-14-4-2-3-5-15-23;/h6-13H,2-5,14-17H2,1H3;1H. The van der Waals surface area contributed by atoms with Gasteiger partial charge in [-0.1, -0.05) is 37.1 Å². The van der Waals surface area contributed by atoms with Crippen LogP contribution in [0.15, 0.2) is 48.5 Å². The van der Waals surface area contributed by atoms with Crippen molar-refractivity contribution in [1.29, 1.82) is 0 Å². The van der Waals surface area contributed by atoms with Crippen LogP contribution in [-0.2, 0) is 13.2 Å². The van der Waals surface area contributed by atoms with Gasteiger partial charge < -0.3 is 4.74 Å². The van der Waals surface area contributed by atoms with Gasteiger partial charge in [0.25, 0.3) is 0 Å². The highest BCUT2D eigenvalue weighted by molar-refractivity contribution is 5.94. The van der Waals surface area contributed by atoms with Gasteiger partial charge >= 0.3 is 0 Å². The molecule has 0 N–H and O–H groups in total. The average molecular weight is 374 g/mol. The third-order valence-electron chi connectivity index (χ3n) is 4.79. The first-order valence-electron chi connectivity index (χ1n) is 9.25. The molecule has 4 heteroatoms. The first kappa shape index (κ1) is 20.5. The highest BCUT2D eigenvalue weighted by atomic mass is 35.5. The Morgan fingerprint density at radius 2 is 1.46 bits per heavy atom. The lowest BCUT2D eigenvalue weighted by Crippen LogP contribution is -2.23. The number of halogens is 1. The molecule has 1 heterocycles. The predicted octanol–water partition coefficient (Wildman–Crippen LogP) is 5.27. The Morgan fingerprint density at radius 1 is 0.885 bits per heavy atom. The number of hydrogen-bond acceptors (Lipinski definition) is 3. The van der Waals surface area contributed by atoms with Crippen LogP contribution in [0.1, 0.15) is 54.1 Å². The number of hydrogen-bond donors (Lipinski definition) is 0. The van der Waals surface area contributed by atoms with Crippen molar-refractivity contribution >= 4 is 18.2 Å². The summed E-state index contributed by atoms with van der Waals surface area (Å²) in [5.74, 6) is 0.866. The summed E-state index contributed by atoms with van der Waals surface area (Å²) in [5.41, 5.74) is 3.25. The second kappa shape index (κ2) is 10.3. The second-order valence-corrected chi connectivity index (χ2v) is 6.88. The minimum Gasteiger partial charge on any atom is -0.489 e. The largest absolute Gasteiger partial charge is 0.489 e. The third-order valence-corrected chi connectivity index (χ3v) is 4.79. The highest BCUT2D eigenvalue weighted by Crippen LogP contribution is 2.16. The van der Waals surface area contributed by atoms with Gasteiger partial charge in [-0.25, -0.2) is 0 Å². The first-order valence-corrected chi connectivity index (χ1v) is 9.25. The molecule has 0 atom stereocenters. The highest BCUT2D eigenvalue weighted by Gasteiger charge is 2.09. The third kappa shape index (κ3) is 6.15. The summed E-state index contributed by atoms with van der Waals surface area (Å²) < 4.78 is 5.81. The quantitative estimate of drug-likeness (QED) is 0.646. The summed E-state index contributed by atoms with van der Waals surface area (Å²) in [4.78, 5) is 13.9. The molecule has 2 aromatic rings. The summed E-state index contributed by atoms with van der Waals surface area (Å²) in [7, 11) is 0. The van der Waals surface area contributed by atoms with E-state index in [9.17, 15) is 4.79 Å². The fourth-order valence-corrected chi connectivity index (χ4v) is 3.25. The molecule has 3 rings (SSSR count). The van der Waals surface area contributed by atoms with Crippen molar-refractivity contribution in [3.05, 3.63) is 65.2 Å². The molecule has 3 nitrogen and oxygen atoms in total. The Bertz CT molecular complexity index is 674. The van der Waals surface area contributed by atoms with Gasteiger partial charge in [-0.2, -0.15) is 0 Å². The molecule has 0 saturated carbocycles. The van der Waals surface area contributed by atoms with Crippen LogP contribution in [0.3, 0.4) is 0 Å². The van der Waals surface area contributed by atoms with Crippen molar-refractivity contribution < 1.29 is 9.53 Å². The van der Waals surface area contributed by atoms with Crippen LogP contribution in [0.2, 0.25) is 0 Å². The molecule has 0 spiro atoms. The number of ketones is 1. The maximum absolute atomic E-state index is 11.3. The Hall–Kier alpha value is -1.84. The molecular formula is C22H28ClNO2. The van der Waals surface area contributed by atoms with Crippen LogP contribution in [0.25, 0.3) is 0 Å². The van der Waals surface area contributed by atoms with Gasteiger partial charge in [0.15, 0.2) is 5.78 Å². The minimum absolute atomic E-state index is 0. The van der Waals surface area contributed by atoms with E-state index in [1.54, 1.807) is 6.92 Å². The lowest BCUT2D eigenvalue weighted by molar-refractivity contribution is 0.101. The molecule has 0 bridgehead atoms. The number of carbonyl (C=O) groups is 1. The Kier molecular flexibility index (Phi) is 8.14. The van der Waals surface area contributed by atoms with Gasteiger partial charge in [-0.3, -0.25) is 9.69 Å². The van der Waals surface area contributed by atoms with Gasteiger partial charge in [0, 0.05) is 12.1 Å². The zero-order chi connectivity index (χ0) is 17.5. The van der Waals surface area contributed by atoms with Crippen LogP contribution < -0.4 is 4.74 Å². The topological polar surface area (TPSA) is 29.5 Å². The smallest absolute Gasteiger partial charge is 0.159 e. The van der Waals surface area contributed by atoms with Crippen LogP contribution in [0, 0.1) is 0 Å². The van der Waals surface area contributed by atoms with Crippen LogP contribution in [0.4, 0.5) is 0 Å². The lowest BCUT2D eigenvalue weighted by atomic mass is 10.1. The number of rotatable bonds is 6. The number of carbonyl (C=O) groups excluding carboxylic acids is 1. The molecule has 1 fully saturated rings. The fourth-order valence-electron chi connectivity index (χ4n) is 3.25. The van der Waals surface area contributed by atoms with E-state index in [-0.39, 0.29) is 18.2 Å². The molecule has 0 amide bonds. The number of likely N-dealkylation sites (tertiary alicyclic amines) is 1. The maximum Gasteiger partial charge on any atom is 0.159 e. The maximum atomic E-state index is 11.3. The second-order valence-electron chi connectivity index (χ2n) is 6.88. The van der Waals surface area contributed by atoms with Crippen LogP contribution in [-0.4, -0.2) is 23.8 Å². The van der Waals surface area contributed by atoms with Crippen molar-refractivity contribution in [3.8, 4) is 5.75 Å². The van der Waals surface area contributed by atoms with E-state index in [0.29, 0.717) is 12.2 Å². The monoisotopic (exact) mass is 373 g/mol. The number of nitrogens with zero attached hydrogens (tertiary/aromatic N) is 1. The summed E-state index contributed by atoms with van der Waals surface area (Å²) in [6.45, 7) is 5.61. The average Bonchev–Trinajstić information content (AvgIpc) is 2.90. The summed E-state index contributed by atoms with van der Waals surface area (Å²) in [6.07, 6.45) is 5.41. The summed E-state index contributed by atoms with van der Waals surface area (Å²) >= 11 is 0. The lowest BCUT2D eigenvalue weighted by Gasteiger charge is -2.19. The van der Waals surface area contributed by atoms with Crippen LogP contribution in [0.5, 0.6) is 5.75 Å². The first-order chi connectivity index (χ1) is 12.2. The van der Waals surface area contributed by atoms with E-state index >= 15 is 0 Å². The van der Waals surface area contributed by atoms with Crippen molar-refractivity contribution in [2.24, 2.45) is 0 Å². The van der Waals surface area contributed by atoms with E-state index < -0.39 is 0 Å².